The molecule has 0 saturated carbocycles. The summed E-state index contributed by atoms with van der Waals surface area (Å²) in [5.41, 5.74) is 7.67. The first-order valence-electron chi connectivity index (χ1n) is 7.38. The van der Waals surface area contributed by atoms with Gasteiger partial charge in [0, 0.05) is 31.7 Å². The van der Waals surface area contributed by atoms with Crippen LogP contribution in [0.25, 0.3) is 0 Å². The number of rotatable bonds is 6. The third-order valence-corrected chi connectivity index (χ3v) is 4.41. The van der Waals surface area contributed by atoms with Crippen molar-refractivity contribution in [2.45, 2.75) is 31.8 Å². The minimum Gasteiger partial charge on any atom is -0.329 e. The van der Waals surface area contributed by atoms with Gasteiger partial charge in [-0.2, -0.15) is 0 Å². The van der Waals surface area contributed by atoms with Crippen LogP contribution in [0.3, 0.4) is 0 Å². The topological polar surface area (TPSA) is 32.5 Å². The molecule has 1 aromatic rings. The third kappa shape index (κ3) is 3.35. The standard InChI is InChI=1S/C16H27N3/c1-3-10-18(2)16(13-17)9-11-19(14-16)12-15-7-5-4-6-8-15/h4-8H,3,9-14,17H2,1-2H3. The van der Waals surface area contributed by atoms with Gasteiger partial charge < -0.3 is 5.73 Å². The zero-order chi connectivity index (χ0) is 13.7. The Morgan fingerprint density at radius 2 is 2.05 bits per heavy atom. The minimum absolute atomic E-state index is 0.185. The summed E-state index contributed by atoms with van der Waals surface area (Å²) in [5, 5.41) is 0. The van der Waals surface area contributed by atoms with E-state index in [1.54, 1.807) is 0 Å². The zero-order valence-electron chi connectivity index (χ0n) is 12.3. The highest BCUT2D eigenvalue weighted by Gasteiger charge is 2.39. The highest BCUT2D eigenvalue weighted by molar-refractivity contribution is 5.15. The van der Waals surface area contributed by atoms with Crippen LogP contribution in [0.5, 0.6) is 0 Å². The molecule has 0 bridgehead atoms. The second-order valence-electron chi connectivity index (χ2n) is 5.80. The quantitative estimate of drug-likeness (QED) is 0.849. The van der Waals surface area contributed by atoms with Gasteiger partial charge in [0.25, 0.3) is 0 Å². The molecule has 106 valence electrons. The van der Waals surface area contributed by atoms with Crippen LogP contribution in [0, 0.1) is 0 Å². The molecule has 0 amide bonds. The second kappa shape index (κ2) is 6.51. The van der Waals surface area contributed by atoms with E-state index in [9.17, 15) is 0 Å². The molecular formula is C16H27N3. The van der Waals surface area contributed by atoms with Crippen LogP contribution in [0.4, 0.5) is 0 Å². The molecule has 19 heavy (non-hydrogen) atoms. The molecule has 1 heterocycles. The number of hydrogen-bond donors (Lipinski definition) is 1. The monoisotopic (exact) mass is 261 g/mol. The molecule has 0 radical (unpaired) electrons. The average Bonchev–Trinajstić information content (AvgIpc) is 2.85. The molecule has 1 unspecified atom stereocenters. The van der Waals surface area contributed by atoms with E-state index >= 15 is 0 Å². The molecule has 1 saturated heterocycles. The Labute approximate surface area is 117 Å². The van der Waals surface area contributed by atoms with Crippen LogP contribution in [0.2, 0.25) is 0 Å². The van der Waals surface area contributed by atoms with Crippen molar-refractivity contribution in [1.82, 2.24) is 9.80 Å². The van der Waals surface area contributed by atoms with Gasteiger partial charge in [-0.25, -0.2) is 0 Å². The lowest BCUT2D eigenvalue weighted by Gasteiger charge is -2.38. The summed E-state index contributed by atoms with van der Waals surface area (Å²) in [7, 11) is 2.22. The summed E-state index contributed by atoms with van der Waals surface area (Å²) in [5.74, 6) is 0. The average molecular weight is 261 g/mol. The largest absolute Gasteiger partial charge is 0.329 e. The highest BCUT2D eigenvalue weighted by Crippen LogP contribution is 2.27. The molecule has 0 aliphatic carbocycles. The molecule has 0 aromatic heterocycles. The van der Waals surface area contributed by atoms with E-state index in [1.165, 1.54) is 18.4 Å². The molecule has 1 aromatic carbocycles. The maximum atomic E-state index is 6.09. The fourth-order valence-corrected chi connectivity index (χ4v) is 3.12. The van der Waals surface area contributed by atoms with Crippen LogP contribution in [-0.4, -0.2) is 48.6 Å². The van der Waals surface area contributed by atoms with Crippen molar-refractivity contribution in [3.05, 3.63) is 35.9 Å². The number of hydrogen-bond acceptors (Lipinski definition) is 3. The van der Waals surface area contributed by atoms with Crippen LogP contribution < -0.4 is 5.73 Å². The fourth-order valence-electron chi connectivity index (χ4n) is 3.12. The lowest BCUT2D eigenvalue weighted by Crippen LogP contribution is -2.54. The van der Waals surface area contributed by atoms with E-state index in [2.05, 4.69) is 54.1 Å². The van der Waals surface area contributed by atoms with E-state index in [-0.39, 0.29) is 5.54 Å². The first-order valence-corrected chi connectivity index (χ1v) is 7.38. The van der Waals surface area contributed by atoms with Crippen molar-refractivity contribution in [2.75, 3.05) is 33.2 Å². The van der Waals surface area contributed by atoms with Crippen LogP contribution >= 0.6 is 0 Å². The minimum atomic E-state index is 0.185. The molecule has 1 atom stereocenters. The maximum Gasteiger partial charge on any atom is 0.0467 e. The van der Waals surface area contributed by atoms with Crippen molar-refractivity contribution < 1.29 is 0 Å². The van der Waals surface area contributed by atoms with Crippen LogP contribution in [0.1, 0.15) is 25.3 Å². The van der Waals surface area contributed by atoms with Gasteiger partial charge in [0.15, 0.2) is 0 Å². The predicted molar refractivity (Wildman–Crippen MR) is 81.0 cm³/mol. The number of nitrogens with two attached hydrogens (primary N) is 1. The van der Waals surface area contributed by atoms with E-state index < -0.39 is 0 Å². The van der Waals surface area contributed by atoms with Crippen molar-refractivity contribution in [1.29, 1.82) is 0 Å². The van der Waals surface area contributed by atoms with Gasteiger partial charge in [0.2, 0.25) is 0 Å². The number of likely N-dealkylation sites (N-methyl/N-ethyl adjacent to an activating group) is 1. The van der Waals surface area contributed by atoms with E-state index in [0.717, 1.165) is 32.7 Å². The Balaban J connectivity index is 1.97. The van der Waals surface area contributed by atoms with Gasteiger partial charge in [-0.1, -0.05) is 37.3 Å². The van der Waals surface area contributed by atoms with Gasteiger partial charge in [-0.05, 0) is 32.0 Å². The first kappa shape index (κ1) is 14.5. The smallest absolute Gasteiger partial charge is 0.0467 e. The third-order valence-electron chi connectivity index (χ3n) is 4.41. The summed E-state index contributed by atoms with van der Waals surface area (Å²) < 4.78 is 0. The number of nitrogens with zero attached hydrogens (tertiary/aromatic N) is 2. The molecule has 3 nitrogen and oxygen atoms in total. The molecule has 1 aliphatic rings. The Morgan fingerprint density at radius 1 is 1.32 bits per heavy atom. The molecule has 1 aliphatic heterocycles. The number of likely N-dealkylation sites (tertiary alicyclic amines) is 1. The molecule has 2 N–H and O–H groups in total. The van der Waals surface area contributed by atoms with E-state index in [0.29, 0.717) is 0 Å². The Kier molecular flexibility index (Phi) is 4.97. The molecule has 2 rings (SSSR count). The zero-order valence-corrected chi connectivity index (χ0v) is 12.3. The summed E-state index contributed by atoms with van der Waals surface area (Å²) in [6.45, 7) is 7.42. The summed E-state index contributed by atoms with van der Waals surface area (Å²) in [4.78, 5) is 5.01. The van der Waals surface area contributed by atoms with Crippen LogP contribution in [0.15, 0.2) is 30.3 Å². The fraction of sp³-hybridized carbons (Fsp3) is 0.625. The summed E-state index contributed by atoms with van der Waals surface area (Å²) in [6.07, 6.45) is 2.38. The van der Waals surface area contributed by atoms with Gasteiger partial charge in [-0.15, -0.1) is 0 Å². The number of benzene rings is 1. The van der Waals surface area contributed by atoms with E-state index in [4.69, 9.17) is 5.73 Å². The van der Waals surface area contributed by atoms with Crippen molar-refractivity contribution >= 4 is 0 Å². The van der Waals surface area contributed by atoms with Gasteiger partial charge in [-0.3, -0.25) is 9.80 Å². The lowest BCUT2D eigenvalue weighted by atomic mass is 9.96. The van der Waals surface area contributed by atoms with Gasteiger partial charge in [0.1, 0.15) is 0 Å². The molecule has 3 heteroatoms. The summed E-state index contributed by atoms with van der Waals surface area (Å²) >= 11 is 0. The predicted octanol–water partition coefficient (Wildman–Crippen LogP) is 1.93. The van der Waals surface area contributed by atoms with E-state index in [1.807, 2.05) is 0 Å². The van der Waals surface area contributed by atoms with Gasteiger partial charge >= 0.3 is 0 Å². The summed E-state index contributed by atoms with van der Waals surface area (Å²) in [6, 6.07) is 10.7. The van der Waals surface area contributed by atoms with Gasteiger partial charge in [0.05, 0.1) is 0 Å². The maximum absolute atomic E-state index is 6.09. The van der Waals surface area contributed by atoms with Crippen molar-refractivity contribution in [3.8, 4) is 0 Å². The highest BCUT2D eigenvalue weighted by atomic mass is 15.3. The Morgan fingerprint density at radius 3 is 2.68 bits per heavy atom. The Hall–Kier alpha value is -0.900. The normalized spacial score (nSPS) is 24.2. The first-order chi connectivity index (χ1) is 9.20. The lowest BCUT2D eigenvalue weighted by molar-refractivity contribution is 0.128. The van der Waals surface area contributed by atoms with Crippen LogP contribution in [-0.2, 0) is 6.54 Å². The molecular weight excluding hydrogens is 234 g/mol. The second-order valence-corrected chi connectivity index (χ2v) is 5.80. The van der Waals surface area contributed by atoms with Crippen molar-refractivity contribution in [2.24, 2.45) is 5.73 Å². The molecule has 0 spiro atoms. The Bertz CT molecular complexity index is 379. The SMILES string of the molecule is CCCN(C)C1(CN)CCN(Cc2ccccc2)C1. The van der Waals surface area contributed by atoms with Crippen molar-refractivity contribution in [3.63, 3.8) is 0 Å². The molecule has 1 fully saturated rings.